The number of pyridine rings is 1. The molecule has 0 saturated heterocycles. The third-order valence-corrected chi connectivity index (χ3v) is 3.58. The van der Waals surface area contributed by atoms with Crippen LogP contribution in [-0.4, -0.2) is 10.8 Å². The summed E-state index contributed by atoms with van der Waals surface area (Å²) in [6, 6.07) is 12.4. The number of hydrogen-bond donors (Lipinski definition) is 0. The molecule has 3 rings (SSSR count). The van der Waals surface area contributed by atoms with Crippen LogP contribution in [0.15, 0.2) is 36.4 Å². The summed E-state index contributed by atoms with van der Waals surface area (Å²) in [5.74, 6) is 0.874. The average Bonchev–Trinajstić information content (AvgIpc) is 2.39. The maximum absolute atomic E-state index is 11.2. The lowest BCUT2D eigenvalue weighted by molar-refractivity contribution is -0.120. The van der Waals surface area contributed by atoms with Crippen LogP contribution in [0.1, 0.15) is 37.3 Å². The molecule has 86 valence electrons. The van der Waals surface area contributed by atoms with Crippen molar-refractivity contribution >= 4 is 16.7 Å². The summed E-state index contributed by atoms with van der Waals surface area (Å²) < 4.78 is 0. The fourth-order valence-corrected chi connectivity index (χ4v) is 2.54. The molecule has 1 aliphatic rings. The third kappa shape index (κ3) is 2.07. The van der Waals surface area contributed by atoms with Gasteiger partial charge in [-0.2, -0.15) is 0 Å². The molecule has 1 saturated carbocycles. The largest absolute Gasteiger partial charge is 0.300 e. The lowest BCUT2D eigenvalue weighted by atomic mass is 9.86. The lowest BCUT2D eigenvalue weighted by Crippen LogP contribution is -2.13. The Kier molecular flexibility index (Phi) is 2.63. The number of fused-ring (bicyclic) bond motifs is 1. The van der Waals surface area contributed by atoms with Crippen molar-refractivity contribution in [3.05, 3.63) is 42.1 Å². The average molecular weight is 225 g/mol. The standard InChI is InChI=1S/C15H15NO/c17-13-8-5-12(6-9-13)15-10-7-11-3-1-2-4-14(11)16-15/h1-4,7,10,12H,5-6,8-9H2. The van der Waals surface area contributed by atoms with E-state index in [1.54, 1.807) is 0 Å². The summed E-state index contributed by atoms with van der Waals surface area (Å²) in [6.45, 7) is 0. The molecule has 0 spiro atoms. The zero-order chi connectivity index (χ0) is 11.7. The van der Waals surface area contributed by atoms with Gasteiger partial charge in [0.1, 0.15) is 5.78 Å². The SMILES string of the molecule is O=C1CCC(c2ccc3ccccc3n2)CC1. The second-order valence-corrected chi connectivity index (χ2v) is 4.74. The first-order valence-electron chi connectivity index (χ1n) is 6.20. The van der Waals surface area contributed by atoms with Gasteiger partial charge in [-0.1, -0.05) is 24.3 Å². The Morgan fingerprint density at radius 2 is 1.76 bits per heavy atom. The third-order valence-electron chi connectivity index (χ3n) is 3.58. The highest BCUT2D eigenvalue weighted by Crippen LogP contribution is 2.30. The number of para-hydroxylation sites is 1. The molecule has 0 amide bonds. The van der Waals surface area contributed by atoms with Gasteiger partial charge >= 0.3 is 0 Å². The van der Waals surface area contributed by atoms with Crippen molar-refractivity contribution in [3.8, 4) is 0 Å². The summed E-state index contributed by atoms with van der Waals surface area (Å²) in [5, 5.41) is 1.18. The van der Waals surface area contributed by atoms with E-state index in [2.05, 4.69) is 18.2 Å². The molecule has 0 unspecified atom stereocenters. The van der Waals surface area contributed by atoms with Gasteiger partial charge in [-0.05, 0) is 25.0 Å². The van der Waals surface area contributed by atoms with Gasteiger partial charge in [0, 0.05) is 29.8 Å². The van der Waals surface area contributed by atoms with E-state index in [0.29, 0.717) is 11.7 Å². The Labute approximate surface area is 101 Å². The summed E-state index contributed by atoms with van der Waals surface area (Å²) in [4.78, 5) is 15.9. The normalized spacial score (nSPS) is 17.5. The molecule has 1 aromatic heterocycles. The Morgan fingerprint density at radius 3 is 2.59 bits per heavy atom. The van der Waals surface area contributed by atoms with Crippen LogP contribution in [0, 0.1) is 0 Å². The number of benzene rings is 1. The quantitative estimate of drug-likeness (QED) is 0.744. The van der Waals surface area contributed by atoms with Crippen molar-refractivity contribution in [2.75, 3.05) is 0 Å². The molecule has 1 aliphatic carbocycles. The van der Waals surface area contributed by atoms with E-state index in [1.807, 2.05) is 18.2 Å². The summed E-state index contributed by atoms with van der Waals surface area (Å²) >= 11 is 0. The van der Waals surface area contributed by atoms with Crippen LogP contribution in [0.25, 0.3) is 10.9 Å². The van der Waals surface area contributed by atoms with Crippen molar-refractivity contribution in [2.45, 2.75) is 31.6 Å². The highest BCUT2D eigenvalue weighted by Gasteiger charge is 2.21. The minimum Gasteiger partial charge on any atom is -0.300 e. The van der Waals surface area contributed by atoms with Crippen LogP contribution >= 0.6 is 0 Å². The van der Waals surface area contributed by atoms with Gasteiger partial charge < -0.3 is 0 Å². The highest BCUT2D eigenvalue weighted by atomic mass is 16.1. The summed E-state index contributed by atoms with van der Waals surface area (Å²) in [7, 11) is 0. The Hall–Kier alpha value is -1.70. The van der Waals surface area contributed by atoms with Crippen LogP contribution in [0.4, 0.5) is 0 Å². The smallest absolute Gasteiger partial charge is 0.132 e. The first-order chi connectivity index (χ1) is 8.33. The van der Waals surface area contributed by atoms with Gasteiger partial charge in [-0.15, -0.1) is 0 Å². The predicted octanol–water partition coefficient (Wildman–Crippen LogP) is 3.46. The van der Waals surface area contributed by atoms with E-state index >= 15 is 0 Å². The molecular weight excluding hydrogens is 210 g/mol. The second-order valence-electron chi connectivity index (χ2n) is 4.74. The number of Topliss-reactive ketones (excluding diaryl/α,β-unsaturated/α-hetero) is 1. The van der Waals surface area contributed by atoms with Gasteiger partial charge in [0.2, 0.25) is 0 Å². The predicted molar refractivity (Wildman–Crippen MR) is 68.0 cm³/mol. The van der Waals surface area contributed by atoms with Crippen molar-refractivity contribution < 1.29 is 4.79 Å². The van der Waals surface area contributed by atoms with Crippen molar-refractivity contribution in [2.24, 2.45) is 0 Å². The lowest BCUT2D eigenvalue weighted by Gasteiger charge is -2.20. The van der Waals surface area contributed by atoms with Crippen molar-refractivity contribution in [3.63, 3.8) is 0 Å². The molecule has 1 heterocycles. The molecule has 0 radical (unpaired) electrons. The van der Waals surface area contributed by atoms with E-state index in [4.69, 9.17) is 4.98 Å². The number of aromatic nitrogens is 1. The molecule has 1 fully saturated rings. The van der Waals surface area contributed by atoms with Crippen LogP contribution in [0.2, 0.25) is 0 Å². The Balaban J connectivity index is 1.92. The minimum absolute atomic E-state index is 0.405. The fraction of sp³-hybridized carbons (Fsp3) is 0.333. The zero-order valence-corrected chi connectivity index (χ0v) is 9.73. The minimum atomic E-state index is 0.405. The number of carbonyl (C=O) groups excluding carboxylic acids is 1. The second kappa shape index (κ2) is 4.28. The maximum atomic E-state index is 11.2. The van der Waals surface area contributed by atoms with Crippen LogP contribution in [0.3, 0.4) is 0 Å². The molecule has 0 aliphatic heterocycles. The van der Waals surface area contributed by atoms with Crippen molar-refractivity contribution in [1.82, 2.24) is 4.98 Å². The molecule has 2 aromatic rings. The maximum Gasteiger partial charge on any atom is 0.132 e. The summed E-state index contributed by atoms with van der Waals surface area (Å²) in [6.07, 6.45) is 3.37. The van der Waals surface area contributed by atoms with E-state index in [9.17, 15) is 4.79 Å². The Bertz CT molecular complexity index is 552. The molecule has 0 N–H and O–H groups in total. The molecule has 0 atom stereocenters. The highest BCUT2D eigenvalue weighted by molar-refractivity contribution is 5.80. The van der Waals surface area contributed by atoms with Gasteiger partial charge in [0.15, 0.2) is 0 Å². The van der Waals surface area contributed by atoms with E-state index < -0.39 is 0 Å². The molecule has 1 aromatic carbocycles. The molecule has 2 nitrogen and oxygen atoms in total. The number of nitrogens with zero attached hydrogens (tertiary/aromatic N) is 1. The first kappa shape index (κ1) is 10.5. The van der Waals surface area contributed by atoms with Crippen LogP contribution in [0.5, 0.6) is 0 Å². The zero-order valence-electron chi connectivity index (χ0n) is 9.73. The monoisotopic (exact) mass is 225 g/mol. The Morgan fingerprint density at radius 1 is 1.00 bits per heavy atom. The van der Waals surface area contributed by atoms with Crippen LogP contribution < -0.4 is 0 Å². The summed E-state index contributed by atoms with van der Waals surface area (Å²) in [5.41, 5.74) is 2.21. The molecule has 17 heavy (non-hydrogen) atoms. The number of hydrogen-bond acceptors (Lipinski definition) is 2. The van der Waals surface area contributed by atoms with E-state index in [-0.39, 0.29) is 0 Å². The number of carbonyl (C=O) groups is 1. The van der Waals surface area contributed by atoms with E-state index in [1.165, 1.54) is 5.39 Å². The number of rotatable bonds is 1. The number of ketones is 1. The molecule has 0 bridgehead atoms. The van der Waals surface area contributed by atoms with Gasteiger partial charge in [-0.3, -0.25) is 9.78 Å². The van der Waals surface area contributed by atoms with Crippen molar-refractivity contribution in [1.29, 1.82) is 0 Å². The van der Waals surface area contributed by atoms with Gasteiger partial charge in [0.25, 0.3) is 0 Å². The molecular formula is C15H15NO. The van der Waals surface area contributed by atoms with Gasteiger partial charge in [0.05, 0.1) is 5.52 Å². The fourth-order valence-electron chi connectivity index (χ4n) is 2.54. The van der Waals surface area contributed by atoms with Crippen LogP contribution in [-0.2, 0) is 4.79 Å². The van der Waals surface area contributed by atoms with E-state index in [0.717, 1.165) is 36.9 Å². The topological polar surface area (TPSA) is 30.0 Å². The molecule has 2 heteroatoms. The first-order valence-corrected chi connectivity index (χ1v) is 6.20. The van der Waals surface area contributed by atoms with Gasteiger partial charge in [-0.25, -0.2) is 0 Å².